The fourth-order valence-electron chi connectivity index (χ4n) is 3.93. The molecule has 30 heavy (non-hydrogen) atoms. The number of anilines is 1. The second kappa shape index (κ2) is 9.02. The second-order valence-corrected chi connectivity index (χ2v) is 7.97. The molecule has 1 amide bonds. The lowest BCUT2D eigenvalue weighted by atomic mass is 10.0. The molecular weight excluding hydrogens is 402 g/mol. The number of aromatic amines is 1. The number of halogens is 1. The summed E-state index contributed by atoms with van der Waals surface area (Å²) in [6, 6.07) is 7.76. The van der Waals surface area contributed by atoms with Crippen LogP contribution < -0.4 is 5.32 Å². The van der Waals surface area contributed by atoms with Crippen molar-refractivity contribution in [1.29, 1.82) is 0 Å². The van der Waals surface area contributed by atoms with Gasteiger partial charge in [0.1, 0.15) is 0 Å². The summed E-state index contributed by atoms with van der Waals surface area (Å²) in [5.74, 6) is -0.0647. The van der Waals surface area contributed by atoms with Gasteiger partial charge in [0.2, 0.25) is 0 Å². The van der Waals surface area contributed by atoms with E-state index in [0.29, 0.717) is 22.8 Å². The smallest absolute Gasteiger partial charge is 0.258 e. The highest BCUT2D eigenvalue weighted by atomic mass is 35.5. The highest BCUT2D eigenvalue weighted by Crippen LogP contribution is 2.30. The third-order valence-corrected chi connectivity index (χ3v) is 5.95. The number of hydrogen-bond acceptors (Lipinski definition) is 5. The van der Waals surface area contributed by atoms with Gasteiger partial charge in [-0.3, -0.25) is 9.89 Å². The van der Waals surface area contributed by atoms with E-state index in [0.717, 1.165) is 42.7 Å². The fraction of sp³-hybridized carbons (Fsp3) is 0.409. The number of pyridine rings is 1. The Morgan fingerprint density at radius 3 is 2.73 bits per heavy atom. The molecule has 1 unspecified atom stereocenters. The molecule has 2 N–H and O–H groups in total. The number of carbonyl (C=O) groups is 1. The summed E-state index contributed by atoms with van der Waals surface area (Å²) in [5, 5.41) is 12.1. The Balaban J connectivity index is 1.68. The first-order chi connectivity index (χ1) is 14.6. The quantitative estimate of drug-likeness (QED) is 0.608. The van der Waals surface area contributed by atoms with E-state index in [4.69, 9.17) is 16.3 Å². The Morgan fingerprint density at radius 1 is 1.30 bits per heavy atom. The maximum Gasteiger partial charge on any atom is 0.258 e. The molecule has 1 aromatic carbocycles. The Morgan fingerprint density at radius 2 is 2.03 bits per heavy atom. The summed E-state index contributed by atoms with van der Waals surface area (Å²) in [4.78, 5) is 19.9. The van der Waals surface area contributed by atoms with Crippen molar-refractivity contribution in [2.24, 2.45) is 0 Å². The highest BCUT2D eigenvalue weighted by molar-refractivity contribution is 6.30. The third-order valence-electron chi connectivity index (χ3n) is 5.70. The second-order valence-electron chi connectivity index (χ2n) is 7.53. The molecule has 2 aromatic heterocycles. The van der Waals surface area contributed by atoms with Crippen LogP contribution in [-0.4, -0.2) is 51.8 Å². The average Bonchev–Trinajstić information content (AvgIpc) is 3.25. The number of amides is 1. The Hall–Kier alpha value is -2.64. The molecule has 4 rings (SSSR count). The van der Waals surface area contributed by atoms with Gasteiger partial charge in [0, 0.05) is 37.0 Å². The maximum absolute atomic E-state index is 13.7. The predicted molar refractivity (Wildman–Crippen MR) is 118 cm³/mol. The number of carbonyl (C=O) groups excluding carboxylic acids is 1. The van der Waals surface area contributed by atoms with Crippen LogP contribution in [0.25, 0.3) is 11.0 Å². The van der Waals surface area contributed by atoms with Gasteiger partial charge in [0.15, 0.2) is 5.65 Å². The van der Waals surface area contributed by atoms with Crippen LogP contribution in [0.5, 0.6) is 0 Å². The predicted octanol–water partition coefficient (Wildman–Crippen LogP) is 4.43. The van der Waals surface area contributed by atoms with E-state index in [9.17, 15) is 4.79 Å². The van der Waals surface area contributed by atoms with E-state index in [1.807, 2.05) is 43.0 Å². The van der Waals surface area contributed by atoms with E-state index < -0.39 is 0 Å². The zero-order valence-electron chi connectivity index (χ0n) is 17.2. The molecule has 0 spiro atoms. The summed E-state index contributed by atoms with van der Waals surface area (Å²) in [6.45, 7) is 6.02. The van der Waals surface area contributed by atoms with Gasteiger partial charge in [-0.1, -0.05) is 23.7 Å². The number of hydrogen-bond donors (Lipinski definition) is 2. The van der Waals surface area contributed by atoms with Crippen molar-refractivity contribution in [2.75, 3.05) is 25.1 Å². The summed E-state index contributed by atoms with van der Waals surface area (Å²) in [7, 11) is 0. The highest BCUT2D eigenvalue weighted by Gasteiger charge is 2.27. The number of rotatable bonds is 6. The van der Waals surface area contributed by atoms with Crippen LogP contribution in [0.1, 0.15) is 48.7 Å². The van der Waals surface area contributed by atoms with Crippen molar-refractivity contribution < 1.29 is 9.53 Å². The van der Waals surface area contributed by atoms with E-state index in [-0.39, 0.29) is 18.0 Å². The average molecular weight is 428 g/mol. The summed E-state index contributed by atoms with van der Waals surface area (Å²) < 4.78 is 5.48. The molecule has 7 nitrogen and oxygen atoms in total. The molecule has 1 atom stereocenters. The van der Waals surface area contributed by atoms with Crippen molar-refractivity contribution in [2.45, 2.75) is 38.8 Å². The number of aromatic nitrogens is 3. The SMILES string of the molecule is CCN(C(=O)c1cnc2[nH]ncc2c1NC1CCOCC1)C(C)c1ccc(Cl)cc1. The van der Waals surface area contributed by atoms with E-state index in [2.05, 4.69) is 20.5 Å². The van der Waals surface area contributed by atoms with Gasteiger partial charge in [-0.2, -0.15) is 5.10 Å². The molecule has 0 radical (unpaired) electrons. The van der Waals surface area contributed by atoms with Crippen LogP contribution >= 0.6 is 11.6 Å². The van der Waals surface area contributed by atoms with Gasteiger partial charge < -0.3 is 15.0 Å². The first-order valence-corrected chi connectivity index (χ1v) is 10.7. The molecule has 3 aromatic rings. The van der Waals surface area contributed by atoms with Crippen molar-refractivity contribution in [3.05, 3.63) is 52.8 Å². The van der Waals surface area contributed by atoms with Crippen molar-refractivity contribution >= 4 is 34.2 Å². The lowest BCUT2D eigenvalue weighted by molar-refractivity contribution is 0.0702. The number of fused-ring (bicyclic) bond motifs is 1. The number of benzene rings is 1. The standard InChI is InChI=1S/C22H26ClN5O2/c1-3-28(14(2)15-4-6-16(23)7-5-15)22(29)19-12-24-21-18(13-25-27-21)20(19)26-17-8-10-30-11-9-17/h4-7,12-14,17H,3,8-11H2,1-2H3,(H2,24,25,26,27). The fourth-order valence-corrected chi connectivity index (χ4v) is 4.06. The zero-order chi connectivity index (χ0) is 21.1. The topological polar surface area (TPSA) is 83.1 Å². The molecule has 1 saturated heterocycles. The van der Waals surface area contributed by atoms with Crippen LogP contribution in [-0.2, 0) is 4.74 Å². The maximum atomic E-state index is 13.7. The monoisotopic (exact) mass is 427 g/mol. The van der Waals surface area contributed by atoms with Gasteiger partial charge in [-0.05, 0) is 44.4 Å². The van der Waals surface area contributed by atoms with Gasteiger partial charge in [-0.15, -0.1) is 0 Å². The lowest BCUT2D eigenvalue weighted by Gasteiger charge is -2.30. The molecule has 8 heteroatoms. The minimum Gasteiger partial charge on any atom is -0.381 e. The molecule has 0 saturated carbocycles. The van der Waals surface area contributed by atoms with E-state index in [1.165, 1.54) is 0 Å². The first kappa shape index (κ1) is 20.6. The Kier molecular flexibility index (Phi) is 6.20. The molecule has 1 aliphatic heterocycles. The number of ether oxygens (including phenoxy) is 1. The third kappa shape index (κ3) is 4.13. The van der Waals surface area contributed by atoms with Crippen LogP contribution in [0.2, 0.25) is 5.02 Å². The van der Waals surface area contributed by atoms with Crippen LogP contribution in [0.15, 0.2) is 36.7 Å². The number of nitrogens with one attached hydrogen (secondary N) is 2. The summed E-state index contributed by atoms with van der Waals surface area (Å²) in [6.07, 6.45) is 5.16. The normalized spacial score (nSPS) is 15.8. The minimum absolute atomic E-state index is 0.0647. The Bertz CT molecular complexity index is 1010. The zero-order valence-corrected chi connectivity index (χ0v) is 17.9. The molecule has 3 heterocycles. The molecule has 0 aliphatic carbocycles. The van der Waals surface area contributed by atoms with Crippen LogP contribution in [0, 0.1) is 0 Å². The molecular formula is C22H26ClN5O2. The largest absolute Gasteiger partial charge is 0.381 e. The van der Waals surface area contributed by atoms with E-state index in [1.54, 1.807) is 12.4 Å². The molecule has 0 bridgehead atoms. The molecule has 158 valence electrons. The number of nitrogens with zero attached hydrogens (tertiary/aromatic N) is 3. The minimum atomic E-state index is -0.101. The van der Waals surface area contributed by atoms with Crippen LogP contribution in [0.3, 0.4) is 0 Å². The summed E-state index contributed by atoms with van der Waals surface area (Å²) >= 11 is 6.03. The van der Waals surface area contributed by atoms with Crippen molar-refractivity contribution in [1.82, 2.24) is 20.1 Å². The van der Waals surface area contributed by atoms with Crippen molar-refractivity contribution in [3.63, 3.8) is 0 Å². The molecule has 1 fully saturated rings. The molecule has 1 aliphatic rings. The van der Waals surface area contributed by atoms with Gasteiger partial charge in [0.05, 0.1) is 28.9 Å². The first-order valence-electron chi connectivity index (χ1n) is 10.3. The van der Waals surface area contributed by atoms with E-state index >= 15 is 0 Å². The lowest BCUT2D eigenvalue weighted by Crippen LogP contribution is -2.35. The van der Waals surface area contributed by atoms with Gasteiger partial charge in [-0.25, -0.2) is 4.98 Å². The van der Waals surface area contributed by atoms with Crippen LogP contribution in [0.4, 0.5) is 5.69 Å². The summed E-state index contributed by atoms with van der Waals surface area (Å²) in [5.41, 5.74) is 3.03. The number of H-pyrrole nitrogens is 1. The van der Waals surface area contributed by atoms with Gasteiger partial charge >= 0.3 is 0 Å². The van der Waals surface area contributed by atoms with Crippen molar-refractivity contribution in [3.8, 4) is 0 Å². The van der Waals surface area contributed by atoms with Gasteiger partial charge in [0.25, 0.3) is 5.91 Å². The Labute approximate surface area is 180 Å².